The van der Waals surface area contributed by atoms with Crippen LogP contribution >= 0.6 is 0 Å². The van der Waals surface area contributed by atoms with Crippen molar-refractivity contribution in [1.82, 2.24) is 4.58 Å². The van der Waals surface area contributed by atoms with Crippen molar-refractivity contribution in [3.8, 4) is 11.3 Å². The topological polar surface area (TPSA) is 16.1 Å². The first-order valence-corrected chi connectivity index (χ1v) is 7.19. The standard InChI is InChI=1S/C17H24NO/c1-6-18(7-2)14-8-9-15-13(5)10-16(12(3)4)19-17(15)11-14/h8-12H,6-7H2,1-5H3/q+1. The van der Waals surface area contributed by atoms with Crippen molar-refractivity contribution in [2.45, 2.75) is 40.5 Å². The van der Waals surface area contributed by atoms with Crippen LogP contribution < -0.4 is 9.93 Å². The van der Waals surface area contributed by atoms with Crippen molar-refractivity contribution < 1.29 is 4.42 Å². The second-order valence-corrected chi connectivity index (χ2v) is 5.34. The fourth-order valence-corrected chi connectivity index (χ4v) is 2.44. The summed E-state index contributed by atoms with van der Waals surface area (Å²) in [4.78, 5) is 0. The third kappa shape index (κ3) is 2.73. The number of rotatable bonds is 3. The van der Waals surface area contributed by atoms with Crippen LogP contribution in [-0.4, -0.2) is 13.1 Å². The van der Waals surface area contributed by atoms with Gasteiger partial charge in [0, 0.05) is 17.5 Å². The number of benzene rings is 1. The summed E-state index contributed by atoms with van der Waals surface area (Å²) in [6.07, 6.45) is 0. The average molecular weight is 258 g/mol. The Balaban J connectivity index is 2.72. The van der Waals surface area contributed by atoms with Crippen LogP contribution in [0.1, 0.15) is 44.9 Å². The molecule has 2 heteroatoms. The Morgan fingerprint density at radius 2 is 1.79 bits per heavy atom. The molecule has 0 spiro atoms. The lowest BCUT2D eigenvalue weighted by atomic mass is 10.0. The lowest BCUT2D eigenvalue weighted by Gasteiger charge is -2.12. The van der Waals surface area contributed by atoms with Crippen LogP contribution in [0, 0.1) is 6.92 Å². The molecule has 1 aliphatic heterocycles. The maximum atomic E-state index is 6.06. The number of nitrogens with zero attached hydrogens (tertiary/aromatic N) is 1. The molecule has 0 unspecified atom stereocenters. The Bertz CT molecular complexity index is 601. The summed E-state index contributed by atoms with van der Waals surface area (Å²) in [5.74, 6) is 2.47. The van der Waals surface area contributed by atoms with Gasteiger partial charge in [-0.3, -0.25) is 0 Å². The molecule has 0 radical (unpaired) electrons. The van der Waals surface area contributed by atoms with E-state index in [1.165, 1.54) is 16.5 Å². The predicted molar refractivity (Wildman–Crippen MR) is 80.5 cm³/mol. The third-order valence-electron chi connectivity index (χ3n) is 3.67. The maximum Gasteiger partial charge on any atom is 0.203 e. The molecular weight excluding hydrogens is 234 g/mol. The Hall–Kier alpha value is -1.57. The summed E-state index contributed by atoms with van der Waals surface area (Å²) in [7, 11) is 0. The van der Waals surface area contributed by atoms with Gasteiger partial charge in [-0.05, 0) is 38.5 Å². The second-order valence-electron chi connectivity index (χ2n) is 5.34. The first-order chi connectivity index (χ1) is 9.06. The Labute approximate surface area is 115 Å². The molecule has 1 aliphatic carbocycles. The van der Waals surface area contributed by atoms with E-state index in [0.717, 1.165) is 24.6 Å². The summed E-state index contributed by atoms with van der Waals surface area (Å²) in [5, 5.41) is 1.24. The lowest BCUT2D eigenvalue weighted by Crippen LogP contribution is -2.29. The third-order valence-corrected chi connectivity index (χ3v) is 3.67. The number of fused-ring (bicyclic) bond motifs is 1. The van der Waals surface area contributed by atoms with E-state index in [2.05, 4.69) is 63.5 Å². The summed E-state index contributed by atoms with van der Waals surface area (Å²) >= 11 is 0. The molecular formula is C17H24NO+. The van der Waals surface area contributed by atoms with Gasteiger partial charge in [0.15, 0.2) is 0 Å². The molecule has 0 N–H and O–H groups in total. The molecule has 2 aliphatic rings. The van der Waals surface area contributed by atoms with Gasteiger partial charge < -0.3 is 4.42 Å². The van der Waals surface area contributed by atoms with E-state index in [0.29, 0.717) is 5.92 Å². The highest BCUT2D eigenvalue weighted by molar-refractivity contribution is 5.62. The quantitative estimate of drug-likeness (QED) is 0.768. The van der Waals surface area contributed by atoms with Crippen LogP contribution in [0.3, 0.4) is 0 Å². The number of hydrogen-bond donors (Lipinski definition) is 0. The van der Waals surface area contributed by atoms with Crippen LogP contribution in [-0.2, 0) is 0 Å². The van der Waals surface area contributed by atoms with E-state index in [1.54, 1.807) is 0 Å². The molecule has 2 nitrogen and oxygen atoms in total. The van der Waals surface area contributed by atoms with Gasteiger partial charge in [0.1, 0.15) is 24.6 Å². The Morgan fingerprint density at radius 3 is 2.37 bits per heavy atom. The summed E-state index contributed by atoms with van der Waals surface area (Å²) in [5.41, 5.74) is 2.50. The Kier molecular flexibility index (Phi) is 4.08. The molecule has 0 aromatic carbocycles. The van der Waals surface area contributed by atoms with Crippen molar-refractivity contribution in [2.75, 3.05) is 13.1 Å². The van der Waals surface area contributed by atoms with Crippen LogP contribution in [0.5, 0.6) is 0 Å². The average Bonchev–Trinajstić information content (AvgIpc) is 2.39. The van der Waals surface area contributed by atoms with E-state index < -0.39 is 0 Å². The van der Waals surface area contributed by atoms with Crippen molar-refractivity contribution in [3.63, 3.8) is 0 Å². The molecule has 0 bridgehead atoms. The lowest BCUT2D eigenvalue weighted by molar-refractivity contribution is 0.479. The SMILES string of the molecule is CC[N+](CC)=c1ccc2c(C)cc(C(C)C)oc-2c1. The smallest absolute Gasteiger partial charge is 0.203 e. The van der Waals surface area contributed by atoms with Crippen molar-refractivity contribution in [2.24, 2.45) is 0 Å². The molecule has 0 aromatic rings. The van der Waals surface area contributed by atoms with Crippen molar-refractivity contribution in [3.05, 3.63) is 40.9 Å². The molecule has 0 aromatic heterocycles. The van der Waals surface area contributed by atoms with E-state index >= 15 is 0 Å². The molecule has 2 rings (SSSR count). The van der Waals surface area contributed by atoms with E-state index in [4.69, 9.17) is 4.42 Å². The molecule has 0 atom stereocenters. The van der Waals surface area contributed by atoms with E-state index in [1.807, 2.05) is 0 Å². The number of hydrogen-bond acceptors (Lipinski definition) is 1. The van der Waals surface area contributed by atoms with Gasteiger partial charge >= 0.3 is 0 Å². The predicted octanol–water partition coefficient (Wildman–Crippen LogP) is 3.63. The highest BCUT2D eigenvalue weighted by Crippen LogP contribution is 2.28. The summed E-state index contributed by atoms with van der Waals surface area (Å²) in [6, 6.07) is 8.68. The molecule has 0 fully saturated rings. The highest BCUT2D eigenvalue weighted by Gasteiger charge is 2.13. The molecule has 0 amide bonds. The van der Waals surface area contributed by atoms with Crippen LogP contribution in [0.4, 0.5) is 0 Å². The molecule has 102 valence electrons. The normalized spacial score (nSPS) is 11.3. The summed E-state index contributed by atoms with van der Waals surface area (Å²) in [6.45, 7) is 12.9. The van der Waals surface area contributed by atoms with Crippen LogP contribution in [0.15, 0.2) is 28.7 Å². The van der Waals surface area contributed by atoms with Gasteiger partial charge in [0.25, 0.3) is 0 Å². The minimum absolute atomic E-state index is 0.417. The Morgan fingerprint density at radius 1 is 1.11 bits per heavy atom. The minimum atomic E-state index is 0.417. The van der Waals surface area contributed by atoms with Gasteiger partial charge in [-0.25, -0.2) is 4.58 Å². The van der Waals surface area contributed by atoms with Gasteiger partial charge in [-0.15, -0.1) is 0 Å². The maximum absolute atomic E-state index is 6.06. The monoisotopic (exact) mass is 258 g/mol. The minimum Gasteiger partial charge on any atom is -0.461 e. The van der Waals surface area contributed by atoms with Crippen LogP contribution in [0.2, 0.25) is 0 Å². The zero-order valence-electron chi connectivity index (χ0n) is 12.7. The van der Waals surface area contributed by atoms with Crippen molar-refractivity contribution >= 4 is 0 Å². The van der Waals surface area contributed by atoms with Gasteiger partial charge in [0.05, 0.1) is 6.07 Å². The zero-order valence-corrected chi connectivity index (χ0v) is 12.7. The van der Waals surface area contributed by atoms with E-state index in [-0.39, 0.29) is 0 Å². The molecule has 19 heavy (non-hydrogen) atoms. The largest absolute Gasteiger partial charge is 0.461 e. The molecule has 1 heterocycles. The first-order valence-electron chi connectivity index (χ1n) is 7.19. The van der Waals surface area contributed by atoms with E-state index in [9.17, 15) is 0 Å². The molecule has 0 saturated heterocycles. The fraction of sp³-hybridized carbons (Fsp3) is 0.471. The first kappa shape index (κ1) is 13.9. The van der Waals surface area contributed by atoms with Gasteiger partial charge in [0.2, 0.25) is 5.36 Å². The molecule has 0 saturated carbocycles. The second kappa shape index (κ2) is 5.60. The van der Waals surface area contributed by atoms with Crippen molar-refractivity contribution in [1.29, 1.82) is 0 Å². The van der Waals surface area contributed by atoms with Crippen LogP contribution in [0.25, 0.3) is 11.3 Å². The fourth-order valence-electron chi connectivity index (χ4n) is 2.44. The summed E-state index contributed by atoms with van der Waals surface area (Å²) < 4.78 is 8.40. The van der Waals surface area contributed by atoms with Gasteiger partial charge in [-0.1, -0.05) is 13.8 Å². The highest BCUT2D eigenvalue weighted by atomic mass is 16.3. The zero-order chi connectivity index (χ0) is 14.0. The number of aryl methyl sites for hydroxylation is 1. The van der Waals surface area contributed by atoms with Gasteiger partial charge in [-0.2, -0.15) is 0 Å².